The molecule has 1 saturated carbocycles. The van der Waals surface area contributed by atoms with E-state index in [2.05, 4.69) is 16.0 Å². The van der Waals surface area contributed by atoms with Crippen LogP contribution in [0.2, 0.25) is 15.1 Å². The summed E-state index contributed by atoms with van der Waals surface area (Å²) in [6.45, 7) is 0.0194. The summed E-state index contributed by atoms with van der Waals surface area (Å²) < 4.78 is 0. The van der Waals surface area contributed by atoms with E-state index in [1.165, 1.54) is 6.42 Å². The number of hydrogen-bond donors (Lipinski definition) is 3. The molecule has 154 valence electrons. The summed E-state index contributed by atoms with van der Waals surface area (Å²) in [4.78, 5) is 24.8. The van der Waals surface area contributed by atoms with Crippen molar-refractivity contribution in [3.8, 4) is 0 Å². The Morgan fingerprint density at radius 2 is 1.55 bits per heavy atom. The first-order valence-corrected chi connectivity index (χ1v) is 10.6. The van der Waals surface area contributed by atoms with Gasteiger partial charge in [-0.25, -0.2) is 0 Å². The highest BCUT2D eigenvalue weighted by atomic mass is 35.5. The fraction of sp³-hybridized carbons (Fsp3) is 0.333. The molecule has 2 amide bonds. The standard InChI is InChI=1S/C21H22Cl3N3O2/c22-17-8-6-14(10-16(17)21(29)27-13-4-2-1-3-5-13)25-12-20(28)26-15-7-9-18(23)19(24)11-15/h6-11,13,25H,1-5,12H2,(H,26,28)(H,27,29). The minimum atomic E-state index is -0.258. The van der Waals surface area contributed by atoms with Gasteiger partial charge in [-0.2, -0.15) is 0 Å². The summed E-state index contributed by atoms with van der Waals surface area (Å²) >= 11 is 18.0. The molecule has 3 N–H and O–H groups in total. The monoisotopic (exact) mass is 453 g/mol. The number of carbonyl (C=O) groups excluding carboxylic acids is 2. The molecule has 0 aliphatic heterocycles. The topological polar surface area (TPSA) is 70.2 Å². The first kappa shape index (κ1) is 21.8. The molecule has 0 heterocycles. The summed E-state index contributed by atoms with van der Waals surface area (Å²) in [5.74, 6) is -0.447. The van der Waals surface area contributed by atoms with Crippen molar-refractivity contribution in [3.63, 3.8) is 0 Å². The number of carbonyl (C=O) groups is 2. The first-order chi connectivity index (χ1) is 13.9. The van der Waals surface area contributed by atoms with Crippen LogP contribution in [0, 0.1) is 0 Å². The normalized spacial score (nSPS) is 14.3. The Morgan fingerprint density at radius 1 is 0.862 bits per heavy atom. The van der Waals surface area contributed by atoms with Gasteiger partial charge in [-0.1, -0.05) is 54.1 Å². The van der Waals surface area contributed by atoms with Crippen LogP contribution in [0.3, 0.4) is 0 Å². The molecule has 0 radical (unpaired) electrons. The van der Waals surface area contributed by atoms with Crippen molar-refractivity contribution in [2.45, 2.75) is 38.1 Å². The first-order valence-electron chi connectivity index (χ1n) is 9.51. The molecule has 1 aliphatic rings. The van der Waals surface area contributed by atoms with Crippen LogP contribution in [0.1, 0.15) is 42.5 Å². The van der Waals surface area contributed by atoms with E-state index in [0.29, 0.717) is 32.0 Å². The Hall–Kier alpha value is -1.95. The Labute approximate surface area is 185 Å². The van der Waals surface area contributed by atoms with Crippen molar-refractivity contribution < 1.29 is 9.59 Å². The molecule has 8 heteroatoms. The lowest BCUT2D eigenvalue weighted by molar-refractivity contribution is -0.114. The molecule has 3 rings (SSSR count). The number of nitrogens with one attached hydrogen (secondary N) is 3. The molecule has 0 unspecified atom stereocenters. The molecule has 0 spiro atoms. The summed E-state index contributed by atoms with van der Waals surface area (Å²) in [6.07, 6.45) is 5.48. The fourth-order valence-electron chi connectivity index (χ4n) is 3.28. The molecule has 0 saturated heterocycles. The quantitative estimate of drug-likeness (QED) is 0.519. The lowest BCUT2D eigenvalue weighted by atomic mass is 9.95. The van der Waals surface area contributed by atoms with Crippen LogP contribution in [0.4, 0.5) is 11.4 Å². The van der Waals surface area contributed by atoms with Crippen LogP contribution < -0.4 is 16.0 Å². The van der Waals surface area contributed by atoms with Crippen molar-refractivity contribution in [2.75, 3.05) is 17.2 Å². The SMILES string of the molecule is O=C(CNc1ccc(Cl)c(C(=O)NC2CCCCC2)c1)Nc1ccc(Cl)c(Cl)c1. The highest BCUT2D eigenvalue weighted by molar-refractivity contribution is 6.42. The van der Waals surface area contributed by atoms with E-state index in [0.717, 1.165) is 25.7 Å². The largest absolute Gasteiger partial charge is 0.376 e. The van der Waals surface area contributed by atoms with Gasteiger partial charge in [0.2, 0.25) is 5.91 Å². The summed E-state index contributed by atoms with van der Waals surface area (Å²) in [5, 5.41) is 9.96. The van der Waals surface area contributed by atoms with Gasteiger partial charge in [0, 0.05) is 17.4 Å². The molecule has 0 atom stereocenters. The van der Waals surface area contributed by atoms with Crippen molar-refractivity contribution >= 4 is 58.0 Å². The zero-order valence-electron chi connectivity index (χ0n) is 15.7. The average molecular weight is 455 g/mol. The molecule has 0 aromatic heterocycles. The van der Waals surface area contributed by atoms with Crippen LogP contribution in [-0.2, 0) is 4.79 Å². The van der Waals surface area contributed by atoms with Crippen molar-refractivity contribution in [3.05, 3.63) is 57.0 Å². The number of halogens is 3. The Morgan fingerprint density at radius 3 is 2.28 bits per heavy atom. The van der Waals surface area contributed by atoms with E-state index >= 15 is 0 Å². The van der Waals surface area contributed by atoms with E-state index in [1.54, 1.807) is 36.4 Å². The van der Waals surface area contributed by atoms with Crippen molar-refractivity contribution in [1.82, 2.24) is 5.32 Å². The van der Waals surface area contributed by atoms with Gasteiger partial charge >= 0.3 is 0 Å². The zero-order valence-corrected chi connectivity index (χ0v) is 18.0. The van der Waals surface area contributed by atoms with Gasteiger partial charge in [0.1, 0.15) is 0 Å². The number of amides is 2. The van der Waals surface area contributed by atoms with Crippen LogP contribution in [-0.4, -0.2) is 24.4 Å². The van der Waals surface area contributed by atoms with Crippen LogP contribution in [0.15, 0.2) is 36.4 Å². The molecule has 1 aliphatic carbocycles. The zero-order chi connectivity index (χ0) is 20.8. The molecule has 2 aromatic rings. The van der Waals surface area contributed by atoms with Crippen LogP contribution in [0.5, 0.6) is 0 Å². The Kier molecular flexibility index (Phi) is 7.64. The maximum Gasteiger partial charge on any atom is 0.253 e. The summed E-state index contributed by atoms with van der Waals surface area (Å²) in [7, 11) is 0. The smallest absolute Gasteiger partial charge is 0.253 e. The van der Waals surface area contributed by atoms with Crippen LogP contribution in [0.25, 0.3) is 0 Å². The highest BCUT2D eigenvalue weighted by Crippen LogP contribution is 2.25. The maximum absolute atomic E-state index is 12.6. The van der Waals surface area contributed by atoms with Gasteiger partial charge in [-0.3, -0.25) is 9.59 Å². The predicted octanol–water partition coefficient (Wildman–Crippen LogP) is 5.76. The average Bonchev–Trinajstić information content (AvgIpc) is 2.71. The second kappa shape index (κ2) is 10.2. The second-order valence-electron chi connectivity index (χ2n) is 7.03. The molecule has 0 bridgehead atoms. The van der Waals surface area contributed by atoms with E-state index < -0.39 is 0 Å². The van der Waals surface area contributed by atoms with Crippen molar-refractivity contribution in [2.24, 2.45) is 0 Å². The minimum Gasteiger partial charge on any atom is -0.376 e. The second-order valence-corrected chi connectivity index (χ2v) is 8.26. The third-order valence-corrected chi connectivity index (χ3v) is 5.88. The van der Waals surface area contributed by atoms with Gasteiger partial charge < -0.3 is 16.0 Å². The van der Waals surface area contributed by atoms with Gasteiger partial charge in [0.05, 0.1) is 27.2 Å². The summed E-state index contributed by atoms with van der Waals surface area (Å²) in [5.41, 5.74) is 1.58. The van der Waals surface area contributed by atoms with Gasteiger partial charge in [0.25, 0.3) is 5.91 Å². The molecule has 1 fully saturated rings. The molecule has 5 nitrogen and oxygen atoms in total. The fourth-order valence-corrected chi connectivity index (χ4v) is 3.78. The third-order valence-electron chi connectivity index (χ3n) is 4.81. The highest BCUT2D eigenvalue weighted by Gasteiger charge is 2.18. The lowest BCUT2D eigenvalue weighted by Crippen LogP contribution is -2.36. The van der Waals surface area contributed by atoms with Crippen LogP contribution >= 0.6 is 34.8 Å². The van der Waals surface area contributed by atoms with Gasteiger partial charge in [0.15, 0.2) is 0 Å². The Balaban J connectivity index is 1.57. The predicted molar refractivity (Wildman–Crippen MR) is 119 cm³/mol. The summed E-state index contributed by atoms with van der Waals surface area (Å²) in [6, 6.07) is 10.1. The molecule has 29 heavy (non-hydrogen) atoms. The number of hydrogen-bond acceptors (Lipinski definition) is 3. The van der Waals surface area contributed by atoms with E-state index in [4.69, 9.17) is 34.8 Å². The minimum absolute atomic E-state index is 0.0194. The molecular weight excluding hydrogens is 433 g/mol. The van der Waals surface area contributed by atoms with Gasteiger partial charge in [-0.15, -0.1) is 0 Å². The lowest BCUT2D eigenvalue weighted by Gasteiger charge is -2.23. The van der Waals surface area contributed by atoms with E-state index in [-0.39, 0.29) is 24.4 Å². The van der Waals surface area contributed by atoms with E-state index in [9.17, 15) is 9.59 Å². The molecule has 2 aromatic carbocycles. The van der Waals surface area contributed by atoms with E-state index in [1.807, 2.05) is 0 Å². The number of rotatable bonds is 6. The number of anilines is 2. The van der Waals surface area contributed by atoms with Crippen molar-refractivity contribution in [1.29, 1.82) is 0 Å². The molecular formula is C21H22Cl3N3O2. The maximum atomic E-state index is 12.6. The Bertz CT molecular complexity index is 899. The third kappa shape index (κ3) is 6.26. The number of benzene rings is 2. The van der Waals surface area contributed by atoms with Gasteiger partial charge in [-0.05, 0) is 49.2 Å².